The molecule has 21 heavy (non-hydrogen) atoms. The lowest BCUT2D eigenvalue weighted by Crippen LogP contribution is -2.21. The topological polar surface area (TPSA) is 88.0 Å². The smallest absolute Gasteiger partial charge is 0.264 e. The predicted octanol–water partition coefficient (Wildman–Crippen LogP) is 0.769. The van der Waals surface area contributed by atoms with Crippen molar-refractivity contribution in [3.8, 4) is 5.75 Å². The number of ether oxygens (including phenoxy) is 1. The second-order valence-corrected chi connectivity index (χ2v) is 4.76. The van der Waals surface area contributed by atoms with Gasteiger partial charge in [-0.25, -0.2) is 4.98 Å². The number of nitrogens with zero attached hydrogens (tertiary/aromatic N) is 4. The normalized spacial score (nSPS) is 11.0. The Morgan fingerprint density at radius 1 is 1.38 bits per heavy atom. The maximum atomic E-state index is 12.4. The molecule has 0 saturated heterocycles. The highest BCUT2D eigenvalue weighted by molar-refractivity contribution is 5.72. The Bertz CT molecular complexity index is 865. The number of hydrogen-bond donors (Lipinski definition) is 1. The molecule has 2 aromatic heterocycles. The number of fused-ring (bicyclic) bond motifs is 1. The molecule has 0 aliphatic rings. The van der Waals surface area contributed by atoms with Crippen LogP contribution in [0.2, 0.25) is 0 Å². The second-order valence-electron chi connectivity index (χ2n) is 4.76. The lowest BCUT2D eigenvalue weighted by atomic mass is 10.2. The fraction of sp³-hybridized carbons (Fsp3) is 0.214. The van der Waals surface area contributed by atoms with Crippen molar-refractivity contribution in [2.75, 3.05) is 12.8 Å². The van der Waals surface area contributed by atoms with Gasteiger partial charge in [0.1, 0.15) is 17.5 Å². The standard InChI is InChI=1S/C14H15N5O2/c1-18-13-10(6-17-18)14(20)19(8-16-13)7-9-3-4-12(21-2)11(15)5-9/h3-6,8H,7,15H2,1-2H3. The van der Waals surface area contributed by atoms with E-state index in [0.717, 1.165) is 5.56 Å². The number of hydrogen-bond acceptors (Lipinski definition) is 5. The molecule has 0 atom stereocenters. The molecule has 7 heteroatoms. The molecule has 0 aliphatic heterocycles. The second kappa shape index (κ2) is 4.93. The average molecular weight is 285 g/mol. The zero-order valence-electron chi connectivity index (χ0n) is 11.8. The van der Waals surface area contributed by atoms with E-state index in [1.807, 2.05) is 6.07 Å². The SMILES string of the molecule is COc1ccc(Cn2cnc3c(cnn3C)c2=O)cc1N. The largest absolute Gasteiger partial charge is 0.495 e. The highest BCUT2D eigenvalue weighted by Crippen LogP contribution is 2.22. The van der Waals surface area contributed by atoms with Crippen molar-refractivity contribution < 1.29 is 4.74 Å². The van der Waals surface area contributed by atoms with E-state index in [1.54, 1.807) is 31.0 Å². The summed E-state index contributed by atoms with van der Waals surface area (Å²) in [5.74, 6) is 0.618. The van der Waals surface area contributed by atoms with Crippen LogP contribution in [0.15, 0.2) is 35.5 Å². The van der Waals surface area contributed by atoms with Crippen LogP contribution in [0.1, 0.15) is 5.56 Å². The number of rotatable bonds is 3. The van der Waals surface area contributed by atoms with Gasteiger partial charge in [0, 0.05) is 7.05 Å². The van der Waals surface area contributed by atoms with Crippen molar-refractivity contribution in [2.45, 2.75) is 6.54 Å². The Morgan fingerprint density at radius 2 is 2.19 bits per heavy atom. The molecule has 3 aromatic rings. The van der Waals surface area contributed by atoms with Crippen LogP contribution in [0.3, 0.4) is 0 Å². The monoisotopic (exact) mass is 285 g/mol. The molecule has 108 valence electrons. The van der Waals surface area contributed by atoms with Gasteiger partial charge in [-0.3, -0.25) is 14.0 Å². The number of aryl methyl sites for hydroxylation is 1. The minimum atomic E-state index is -0.123. The van der Waals surface area contributed by atoms with E-state index in [-0.39, 0.29) is 5.56 Å². The van der Waals surface area contributed by atoms with E-state index in [2.05, 4.69) is 10.1 Å². The third-order valence-electron chi connectivity index (χ3n) is 3.37. The first-order valence-corrected chi connectivity index (χ1v) is 6.39. The summed E-state index contributed by atoms with van der Waals surface area (Å²) in [6.45, 7) is 0.394. The van der Waals surface area contributed by atoms with Crippen LogP contribution >= 0.6 is 0 Å². The van der Waals surface area contributed by atoms with Crippen LogP contribution in [0, 0.1) is 0 Å². The van der Waals surface area contributed by atoms with E-state index in [1.165, 1.54) is 17.1 Å². The van der Waals surface area contributed by atoms with E-state index >= 15 is 0 Å². The molecule has 2 heterocycles. The summed E-state index contributed by atoms with van der Waals surface area (Å²) in [5.41, 5.74) is 7.77. The highest BCUT2D eigenvalue weighted by Gasteiger charge is 2.09. The molecule has 0 aliphatic carbocycles. The Hall–Kier alpha value is -2.83. The van der Waals surface area contributed by atoms with Crippen LogP contribution in [-0.2, 0) is 13.6 Å². The number of anilines is 1. The number of benzene rings is 1. The maximum absolute atomic E-state index is 12.4. The first-order valence-electron chi connectivity index (χ1n) is 6.39. The molecular formula is C14H15N5O2. The molecule has 0 amide bonds. The molecular weight excluding hydrogens is 270 g/mol. The first kappa shape index (κ1) is 13.2. The van der Waals surface area contributed by atoms with Crippen molar-refractivity contribution >= 4 is 16.7 Å². The van der Waals surface area contributed by atoms with Crippen LogP contribution in [0.4, 0.5) is 5.69 Å². The predicted molar refractivity (Wildman–Crippen MR) is 79.3 cm³/mol. The molecule has 0 bridgehead atoms. The third-order valence-corrected chi connectivity index (χ3v) is 3.37. The van der Waals surface area contributed by atoms with Crippen molar-refractivity contribution in [3.63, 3.8) is 0 Å². The molecule has 0 radical (unpaired) electrons. The van der Waals surface area contributed by atoms with Crippen molar-refractivity contribution in [1.82, 2.24) is 19.3 Å². The van der Waals surface area contributed by atoms with Gasteiger partial charge in [0.05, 0.1) is 25.5 Å². The Morgan fingerprint density at radius 3 is 2.90 bits per heavy atom. The average Bonchev–Trinajstić information content (AvgIpc) is 2.84. The number of nitrogens with two attached hydrogens (primary N) is 1. The molecule has 2 N–H and O–H groups in total. The zero-order valence-corrected chi connectivity index (χ0v) is 11.8. The molecule has 1 aromatic carbocycles. The molecule has 0 saturated carbocycles. The van der Waals surface area contributed by atoms with Gasteiger partial charge in [-0.05, 0) is 17.7 Å². The van der Waals surface area contributed by atoms with Crippen molar-refractivity contribution in [3.05, 3.63) is 46.6 Å². The van der Waals surface area contributed by atoms with Crippen molar-refractivity contribution in [2.24, 2.45) is 7.05 Å². The quantitative estimate of drug-likeness (QED) is 0.718. The fourth-order valence-electron chi connectivity index (χ4n) is 2.26. The lowest BCUT2D eigenvalue weighted by Gasteiger charge is -2.09. The summed E-state index contributed by atoms with van der Waals surface area (Å²) in [5, 5.41) is 4.55. The number of nitrogen functional groups attached to an aromatic ring is 1. The summed E-state index contributed by atoms with van der Waals surface area (Å²) in [6, 6.07) is 5.44. The maximum Gasteiger partial charge on any atom is 0.264 e. The van der Waals surface area contributed by atoms with Crippen LogP contribution in [-0.4, -0.2) is 26.4 Å². The fourth-order valence-corrected chi connectivity index (χ4v) is 2.26. The molecule has 3 rings (SSSR count). The van der Waals surface area contributed by atoms with E-state index in [9.17, 15) is 4.79 Å². The van der Waals surface area contributed by atoms with Gasteiger partial charge in [0.25, 0.3) is 5.56 Å². The zero-order chi connectivity index (χ0) is 15.0. The minimum Gasteiger partial charge on any atom is -0.495 e. The number of aromatic nitrogens is 4. The Kier molecular flexibility index (Phi) is 3.09. The lowest BCUT2D eigenvalue weighted by molar-refractivity contribution is 0.417. The highest BCUT2D eigenvalue weighted by atomic mass is 16.5. The van der Waals surface area contributed by atoms with E-state index in [0.29, 0.717) is 29.0 Å². The molecule has 7 nitrogen and oxygen atoms in total. The number of methoxy groups -OCH3 is 1. The van der Waals surface area contributed by atoms with Crippen LogP contribution in [0.25, 0.3) is 11.0 Å². The minimum absolute atomic E-state index is 0.123. The summed E-state index contributed by atoms with van der Waals surface area (Å²) >= 11 is 0. The van der Waals surface area contributed by atoms with Crippen LogP contribution < -0.4 is 16.0 Å². The summed E-state index contributed by atoms with van der Waals surface area (Å²) in [6.07, 6.45) is 3.05. The van der Waals surface area contributed by atoms with Gasteiger partial charge in [-0.2, -0.15) is 5.10 Å². The van der Waals surface area contributed by atoms with Crippen LogP contribution in [0.5, 0.6) is 5.75 Å². The van der Waals surface area contributed by atoms with Crippen molar-refractivity contribution in [1.29, 1.82) is 0 Å². The third kappa shape index (κ3) is 2.22. The first-order chi connectivity index (χ1) is 10.1. The molecule has 0 unspecified atom stereocenters. The molecule has 0 fully saturated rings. The van der Waals surface area contributed by atoms with Gasteiger partial charge >= 0.3 is 0 Å². The van der Waals surface area contributed by atoms with Gasteiger partial charge in [0.2, 0.25) is 0 Å². The van der Waals surface area contributed by atoms with Gasteiger partial charge in [-0.15, -0.1) is 0 Å². The summed E-state index contributed by atoms with van der Waals surface area (Å²) in [7, 11) is 3.32. The van der Waals surface area contributed by atoms with Gasteiger partial charge in [0.15, 0.2) is 5.65 Å². The Labute approximate surface area is 120 Å². The van der Waals surface area contributed by atoms with Gasteiger partial charge < -0.3 is 10.5 Å². The molecule has 0 spiro atoms. The Balaban J connectivity index is 2.00. The van der Waals surface area contributed by atoms with E-state index < -0.39 is 0 Å². The summed E-state index contributed by atoms with van der Waals surface area (Å²) < 4.78 is 8.23. The summed E-state index contributed by atoms with van der Waals surface area (Å²) in [4.78, 5) is 16.6. The van der Waals surface area contributed by atoms with E-state index in [4.69, 9.17) is 10.5 Å². The van der Waals surface area contributed by atoms with Gasteiger partial charge in [-0.1, -0.05) is 6.07 Å².